The summed E-state index contributed by atoms with van der Waals surface area (Å²) >= 11 is 0. The molecule has 7 heteroatoms. The van der Waals surface area contributed by atoms with Crippen LogP contribution in [0.2, 0.25) is 0 Å². The second-order valence-corrected chi connectivity index (χ2v) is 5.77. The lowest BCUT2D eigenvalue weighted by molar-refractivity contribution is 0.0995. The number of rotatable bonds is 7. The first-order valence-corrected chi connectivity index (χ1v) is 8.63. The summed E-state index contributed by atoms with van der Waals surface area (Å²) in [5.74, 6) is 0.115. The number of hydrogen-bond donors (Lipinski definition) is 1. The summed E-state index contributed by atoms with van der Waals surface area (Å²) in [5.41, 5.74) is 1.46. The van der Waals surface area contributed by atoms with E-state index in [1.165, 1.54) is 0 Å². The third-order valence-electron chi connectivity index (χ3n) is 4.16. The predicted octanol–water partition coefficient (Wildman–Crippen LogP) is 4.32. The van der Waals surface area contributed by atoms with E-state index in [9.17, 15) is 9.90 Å². The number of benzene rings is 2. The summed E-state index contributed by atoms with van der Waals surface area (Å²) in [5, 5.41) is 19.1. The van der Waals surface area contributed by atoms with Crippen molar-refractivity contribution in [3.05, 3.63) is 54.1 Å². The fourth-order valence-corrected chi connectivity index (χ4v) is 2.78. The molecule has 0 unspecified atom stereocenters. The third kappa shape index (κ3) is 3.98. The molecule has 140 valence electrons. The first-order valence-electron chi connectivity index (χ1n) is 8.63. The van der Waals surface area contributed by atoms with E-state index < -0.39 is 5.91 Å². The zero-order chi connectivity index (χ0) is 19.2. The van der Waals surface area contributed by atoms with Gasteiger partial charge in [0.15, 0.2) is 5.69 Å². The van der Waals surface area contributed by atoms with E-state index in [1.54, 1.807) is 35.9 Å². The third-order valence-corrected chi connectivity index (χ3v) is 4.16. The number of amides is 1. The van der Waals surface area contributed by atoms with Gasteiger partial charge in [-0.05, 0) is 37.3 Å². The van der Waals surface area contributed by atoms with Crippen LogP contribution in [-0.4, -0.2) is 35.9 Å². The Hall–Kier alpha value is -3.19. The van der Waals surface area contributed by atoms with Crippen molar-refractivity contribution in [1.82, 2.24) is 4.57 Å². The number of para-hydroxylation sites is 1. The topological polar surface area (TPSA) is 85.4 Å². The number of nitrogens with zero attached hydrogens (tertiary/aromatic N) is 3. The molecule has 27 heavy (non-hydrogen) atoms. The summed E-state index contributed by atoms with van der Waals surface area (Å²) in [7, 11) is 1.56. The molecule has 1 aromatic heterocycles. The first-order chi connectivity index (χ1) is 13.2. The summed E-state index contributed by atoms with van der Waals surface area (Å²) in [6.45, 7) is 3.45. The zero-order valence-corrected chi connectivity index (χ0v) is 15.3. The number of hydrogen-bond acceptors (Lipinski definition) is 5. The molecular formula is C20H21N3O4. The number of carbonyl (C=O) groups is 1. The molecule has 3 rings (SSSR count). The monoisotopic (exact) mass is 367 g/mol. The molecule has 0 atom stereocenters. The largest absolute Gasteiger partial charge is 0.497 e. The molecule has 0 saturated heterocycles. The summed E-state index contributed by atoms with van der Waals surface area (Å²) in [6, 6.07) is 14.0. The van der Waals surface area contributed by atoms with Crippen LogP contribution in [0.4, 0.5) is 5.69 Å². The standard InChI is InChI=1S/C20H21N3O4/c1-3-27-13-12-23-17-7-5-4-6-16(17)18(20(23)25)21-22-19(24)14-8-10-15(26-2)11-9-14/h4-11,25H,3,12-13H2,1-2H3. The predicted molar refractivity (Wildman–Crippen MR) is 102 cm³/mol. The van der Waals surface area contributed by atoms with Crippen molar-refractivity contribution in [1.29, 1.82) is 0 Å². The number of ether oxygens (including phenoxy) is 2. The summed E-state index contributed by atoms with van der Waals surface area (Å²) < 4.78 is 12.2. The van der Waals surface area contributed by atoms with E-state index in [0.717, 1.165) is 10.9 Å². The van der Waals surface area contributed by atoms with Crippen molar-refractivity contribution < 1.29 is 19.4 Å². The van der Waals surface area contributed by atoms with E-state index in [4.69, 9.17) is 9.47 Å². The lowest BCUT2D eigenvalue weighted by atomic mass is 10.2. The smallest absolute Gasteiger partial charge is 0.295 e. The molecule has 3 aromatic rings. The molecule has 0 fully saturated rings. The van der Waals surface area contributed by atoms with E-state index in [2.05, 4.69) is 10.2 Å². The summed E-state index contributed by atoms with van der Waals surface area (Å²) in [6.07, 6.45) is 0. The van der Waals surface area contributed by atoms with Crippen molar-refractivity contribution in [3.63, 3.8) is 0 Å². The highest BCUT2D eigenvalue weighted by Crippen LogP contribution is 2.38. The van der Waals surface area contributed by atoms with Gasteiger partial charge < -0.3 is 19.1 Å². The van der Waals surface area contributed by atoms with Crippen LogP contribution < -0.4 is 4.74 Å². The number of azo groups is 1. The fraction of sp³-hybridized carbons (Fsp3) is 0.250. The Kier molecular flexibility index (Phi) is 5.83. The van der Waals surface area contributed by atoms with Gasteiger partial charge in [0.25, 0.3) is 5.91 Å². The molecule has 0 radical (unpaired) electrons. The van der Waals surface area contributed by atoms with Crippen molar-refractivity contribution in [2.45, 2.75) is 13.5 Å². The quantitative estimate of drug-likeness (QED) is 0.498. The van der Waals surface area contributed by atoms with Gasteiger partial charge in [-0.15, -0.1) is 10.2 Å². The van der Waals surface area contributed by atoms with Gasteiger partial charge in [-0.1, -0.05) is 18.2 Å². The average Bonchev–Trinajstić information content (AvgIpc) is 2.97. The minimum absolute atomic E-state index is 0.0396. The van der Waals surface area contributed by atoms with E-state index >= 15 is 0 Å². The van der Waals surface area contributed by atoms with Gasteiger partial charge >= 0.3 is 0 Å². The Labute approximate surface area is 156 Å². The molecule has 0 aliphatic carbocycles. The average molecular weight is 367 g/mol. The van der Waals surface area contributed by atoms with Crippen molar-refractivity contribution in [2.75, 3.05) is 20.3 Å². The van der Waals surface area contributed by atoms with Gasteiger partial charge in [0.2, 0.25) is 5.88 Å². The number of fused-ring (bicyclic) bond motifs is 1. The van der Waals surface area contributed by atoms with Crippen LogP contribution in [0, 0.1) is 0 Å². The lowest BCUT2D eigenvalue weighted by Crippen LogP contribution is -2.05. The molecule has 1 N–H and O–H groups in total. The molecular weight excluding hydrogens is 346 g/mol. The maximum Gasteiger partial charge on any atom is 0.295 e. The molecule has 1 amide bonds. The lowest BCUT2D eigenvalue weighted by Gasteiger charge is -2.06. The second kappa shape index (κ2) is 8.46. The normalized spacial score (nSPS) is 11.3. The first kappa shape index (κ1) is 18.6. The SMILES string of the molecule is CCOCCn1c(O)c(N=NC(=O)c2ccc(OC)cc2)c2ccccc21. The molecule has 0 aliphatic heterocycles. The Balaban J connectivity index is 1.90. The van der Waals surface area contributed by atoms with Crippen LogP contribution in [0.15, 0.2) is 58.8 Å². The summed E-state index contributed by atoms with van der Waals surface area (Å²) in [4.78, 5) is 12.3. The number of methoxy groups -OCH3 is 1. The second-order valence-electron chi connectivity index (χ2n) is 5.77. The Bertz CT molecular complexity index is 961. The fourth-order valence-electron chi connectivity index (χ4n) is 2.78. The van der Waals surface area contributed by atoms with Crippen LogP contribution in [0.5, 0.6) is 11.6 Å². The minimum atomic E-state index is -0.497. The molecule has 2 aromatic carbocycles. The highest BCUT2D eigenvalue weighted by Gasteiger charge is 2.16. The Morgan fingerprint density at radius 1 is 1.15 bits per heavy atom. The number of carbonyl (C=O) groups excluding carboxylic acids is 1. The van der Waals surface area contributed by atoms with E-state index in [1.807, 2.05) is 31.2 Å². The van der Waals surface area contributed by atoms with Gasteiger partial charge in [-0.25, -0.2) is 0 Å². The van der Waals surface area contributed by atoms with Crippen LogP contribution >= 0.6 is 0 Å². The van der Waals surface area contributed by atoms with E-state index in [0.29, 0.717) is 31.1 Å². The van der Waals surface area contributed by atoms with E-state index in [-0.39, 0.29) is 11.6 Å². The molecule has 7 nitrogen and oxygen atoms in total. The Morgan fingerprint density at radius 2 is 1.89 bits per heavy atom. The van der Waals surface area contributed by atoms with Crippen molar-refractivity contribution >= 4 is 22.5 Å². The zero-order valence-electron chi connectivity index (χ0n) is 15.3. The molecule has 0 aliphatic rings. The van der Waals surface area contributed by atoms with Crippen molar-refractivity contribution in [2.24, 2.45) is 10.2 Å². The van der Waals surface area contributed by atoms with Crippen LogP contribution in [0.3, 0.4) is 0 Å². The highest BCUT2D eigenvalue weighted by atomic mass is 16.5. The van der Waals surface area contributed by atoms with Crippen LogP contribution in [0.1, 0.15) is 17.3 Å². The molecule has 0 saturated carbocycles. The van der Waals surface area contributed by atoms with Crippen molar-refractivity contribution in [3.8, 4) is 11.6 Å². The molecule has 0 bridgehead atoms. The number of aromatic nitrogens is 1. The minimum Gasteiger partial charge on any atom is -0.497 e. The number of aromatic hydroxyl groups is 1. The van der Waals surface area contributed by atoms with Crippen LogP contribution in [-0.2, 0) is 11.3 Å². The maximum absolute atomic E-state index is 12.3. The Morgan fingerprint density at radius 3 is 2.59 bits per heavy atom. The van der Waals surface area contributed by atoms with Gasteiger partial charge in [0.05, 0.1) is 19.2 Å². The van der Waals surface area contributed by atoms with Gasteiger partial charge in [0.1, 0.15) is 5.75 Å². The highest BCUT2D eigenvalue weighted by molar-refractivity contribution is 5.97. The maximum atomic E-state index is 12.3. The van der Waals surface area contributed by atoms with Crippen LogP contribution in [0.25, 0.3) is 10.9 Å². The van der Waals surface area contributed by atoms with Gasteiger partial charge in [-0.2, -0.15) is 0 Å². The molecule has 0 spiro atoms. The van der Waals surface area contributed by atoms with Gasteiger partial charge in [0, 0.05) is 24.1 Å². The molecule has 1 heterocycles. The van der Waals surface area contributed by atoms with Gasteiger partial charge in [-0.3, -0.25) is 4.79 Å².